The van der Waals surface area contributed by atoms with Gasteiger partial charge in [-0.3, -0.25) is 0 Å². The summed E-state index contributed by atoms with van der Waals surface area (Å²) >= 11 is 3.30. The molecule has 1 aromatic rings. The summed E-state index contributed by atoms with van der Waals surface area (Å²) < 4.78 is 27.9. The van der Waals surface area contributed by atoms with Gasteiger partial charge in [0.2, 0.25) is 10.0 Å². The number of nitrogens with one attached hydrogen (secondary N) is 1. The minimum atomic E-state index is -3.64. The summed E-state index contributed by atoms with van der Waals surface area (Å²) in [6.07, 6.45) is 0. The lowest BCUT2D eigenvalue weighted by molar-refractivity contribution is 0.0211. The first-order chi connectivity index (χ1) is 7.47. The predicted octanol–water partition coefficient (Wildman–Crippen LogP) is 0.907. The molecule has 2 rings (SSSR count). The number of hydrogen-bond donors (Lipinski definition) is 2. The van der Waals surface area contributed by atoms with Crippen molar-refractivity contribution in [2.75, 3.05) is 18.5 Å². The van der Waals surface area contributed by atoms with Crippen molar-refractivity contribution in [3.05, 3.63) is 22.7 Å². The van der Waals surface area contributed by atoms with Crippen molar-refractivity contribution in [2.24, 2.45) is 5.14 Å². The van der Waals surface area contributed by atoms with E-state index in [0.29, 0.717) is 17.7 Å². The second-order valence-electron chi connectivity index (χ2n) is 3.57. The second-order valence-corrected chi connectivity index (χ2v) is 5.98. The lowest BCUT2D eigenvalue weighted by Gasteiger charge is -2.28. The van der Waals surface area contributed by atoms with Crippen LogP contribution in [0.1, 0.15) is 0 Å². The normalized spacial score (nSPS) is 16.9. The molecular weight excluding hydrogens is 296 g/mol. The monoisotopic (exact) mass is 306 g/mol. The van der Waals surface area contributed by atoms with Crippen LogP contribution in [0.3, 0.4) is 0 Å². The van der Waals surface area contributed by atoms with Crippen LogP contribution in [-0.4, -0.2) is 27.7 Å². The number of ether oxygens (including phenoxy) is 1. The number of halogens is 1. The lowest BCUT2D eigenvalue weighted by atomic mass is 10.2. The summed E-state index contributed by atoms with van der Waals surface area (Å²) in [5, 5.41) is 8.24. The molecule has 0 radical (unpaired) electrons. The van der Waals surface area contributed by atoms with Gasteiger partial charge in [0.1, 0.15) is 0 Å². The fourth-order valence-electron chi connectivity index (χ4n) is 1.33. The SMILES string of the molecule is NS(=O)(=O)c1ccc(NC2COC2)c(Br)c1. The molecule has 0 amide bonds. The van der Waals surface area contributed by atoms with Crippen molar-refractivity contribution in [3.63, 3.8) is 0 Å². The molecule has 1 saturated heterocycles. The van der Waals surface area contributed by atoms with Gasteiger partial charge < -0.3 is 10.1 Å². The number of rotatable bonds is 3. The second kappa shape index (κ2) is 4.33. The van der Waals surface area contributed by atoms with Gasteiger partial charge in [-0.15, -0.1) is 0 Å². The zero-order chi connectivity index (χ0) is 11.8. The van der Waals surface area contributed by atoms with Crippen molar-refractivity contribution < 1.29 is 13.2 Å². The Morgan fingerprint density at radius 3 is 2.56 bits per heavy atom. The Bertz CT molecular complexity index is 499. The number of anilines is 1. The van der Waals surface area contributed by atoms with E-state index in [-0.39, 0.29) is 10.9 Å². The van der Waals surface area contributed by atoms with Crippen LogP contribution in [0, 0.1) is 0 Å². The van der Waals surface area contributed by atoms with E-state index in [1.54, 1.807) is 6.07 Å². The minimum Gasteiger partial charge on any atom is -0.377 e. The van der Waals surface area contributed by atoms with E-state index in [4.69, 9.17) is 9.88 Å². The van der Waals surface area contributed by atoms with Crippen molar-refractivity contribution >= 4 is 31.6 Å². The molecule has 0 bridgehead atoms. The lowest BCUT2D eigenvalue weighted by Crippen LogP contribution is -2.40. The van der Waals surface area contributed by atoms with Gasteiger partial charge in [-0.25, -0.2) is 13.6 Å². The van der Waals surface area contributed by atoms with E-state index in [1.165, 1.54) is 12.1 Å². The van der Waals surface area contributed by atoms with Crippen molar-refractivity contribution in [1.82, 2.24) is 0 Å². The van der Waals surface area contributed by atoms with Gasteiger partial charge in [-0.1, -0.05) is 0 Å². The molecule has 1 heterocycles. The van der Waals surface area contributed by atoms with E-state index in [2.05, 4.69) is 21.2 Å². The highest BCUT2D eigenvalue weighted by Crippen LogP contribution is 2.26. The first-order valence-corrected chi connectivity index (χ1v) is 6.97. The first-order valence-electron chi connectivity index (χ1n) is 4.63. The Balaban J connectivity index is 2.22. The Hall–Kier alpha value is -0.630. The largest absolute Gasteiger partial charge is 0.377 e. The standard InChI is InChI=1S/C9H11BrN2O3S/c10-8-3-7(16(11,13)14)1-2-9(8)12-6-4-15-5-6/h1-3,6,12H,4-5H2,(H2,11,13,14). The summed E-state index contributed by atoms with van der Waals surface area (Å²) in [6.45, 7) is 1.34. The highest BCUT2D eigenvalue weighted by atomic mass is 79.9. The molecule has 0 atom stereocenters. The van der Waals surface area contributed by atoms with Crippen LogP contribution in [0.4, 0.5) is 5.69 Å². The molecule has 3 N–H and O–H groups in total. The van der Waals surface area contributed by atoms with Crippen LogP contribution in [0.5, 0.6) is 0 Å². The van der Waals surface area contributed by atoms with E-state index in [9.17, 15) is 8.42 Å². The summed E-state index contributed by atoms with van der Waals surface area (Å²) in [5.74, 6) is 0. The van der Waals surface area contributed by atoms with Gasteiger partial charge in [0, 0.05) is 10.2 Å². The smallest absolute Gasteiger partial charge is 0.238 e. The quantitative estimate of drug-likeness (QED) is 0.869. The van der Waals surface area contributed by atoms with Crippen LogP contribution in [0.2, 0.25) is 0 Å². The molecule has 88 valence electrons. The van der Waals surface area contributed by atoms with Crippen LogP contribution < -0.4 is 10.5 Å². The van der Waals surface area contributed by atoms with E-state index >= 15 is 0 Å². The fraction of sp³-hybridized carbons (Fsp3) is 0.333. The number of nitrogens with two attached hydrogens (primary N) is 1. The Morgan fingerprint density at radius 2 is 2.12 bits per heavy atom. The van der Waals surface area contributed by atoms with Crippen LogP contribution in [-0.2, 0) is 14.8 Å². The van der Waals surface area contributed by atoms with E-state index in [1.807, 2.05) is 0 Å². The minimum absolute atomic E-state index is 0.0924. The van der Waals surface area contributed by atoms with Gasteiger partial charge in [0.15, 0.2) is 0 Å². The zero-order valence-electron chi connectivity index (χ0n) is 8.31. The maximum Gasteiger partial charge on any atom is 0.238 e. The molecule has 7 heteroatoms. The highest BCUT2D eigenvalue weighted by Gasteiger charge is 2.19. The molecule has 0 aromatic heterocycles. The maximum atomic E-state index is 11.1. The maximum absolute atomic E-state index is 11.1. The number of sulfonamides is 1. The molecule has 0 unspecified atom stereocenters. The van der Waals surface area contributed by atoms with Gasteiger partial charge in [0.25, 0.3) is 0 Å². The molecule has 5 nitrogen and oxygen atoms in total. The fourth-order valence-corrected chi connectivity index (χ4v) is 2.51. The topological polar surface area (TPSA) is 81.4 Å². The van der Waals surface area contributed by atoms with Crippen molar-refractivity contribution in [2.45, 2.75) is 10.9 Å². The summed E-state index contributed by atoms with van der Waals surface area (Å²) in [5.41, 5.74) is 0.834. The van der Waals surface area contributed by atoms with Gasteiger partial charge in [-0.2, -0.15) is 0 Å². The molecule has 0 saturated carbocycles. The summed E-state index contributed by atoms with van der Waals surface area (Å²) in [7, 11) is -3.64. The number of benzene rings is 1. The van der Waals surface area contributed by atoms with Crippen LogP contribution >= 0.6 is 15.9 Å². The summed E-state index contributed by atoms with van der Waals surface area (Å²) in [6, 6.07) is 4.93. The van der Waals surface area contributed by atoms with E-state index < -0.39 is 10.0 Å². The third-order valence-electron chi connectivity index (χ3n) is 2.27. The molecule has 1 fully saturated rings. The molecule has 16 heavy (non-hydrogen) atoms. The average Bonchev–Trinajstić information content (AvgIpc) is 2.11. The average molecular weight is 307 g/mol. The Morgan fingerprint density at radius 1 is 1.44 bits per heavy atom. The number of primary sulfonamides is 1. The predicted molar refractivity (Wildman–Crippen MR) is 63.7 cm³/mol. The van der Waals surface area contributed by atoms with E-state index in [0.717, 1.165) is 5.69 Å². The molecular formula is C9H11BrN2O3S. The Labute approximate surface area is 102 Å². The van der Waals surface area contributed by atoms with Gasteiger partial charge in [0.05, 0.1) is 24.2 Å². The van der Waals surface area contributed by atoms with Gasteiger partial charge in [-0.05, 0) is 34.1 Å². The van der Waals surface area contributed by atoms with Crippen LogP contribution in [0.25, 0.3) is 0 Å². The third-order valence-corrected chi connectivity index (χ3v) is 3.83. The van der Waals surface area contributed by atoms with Crippen LogP contribution in [0.15, 0.2) is 27.6 Å². The summed E-state index contributed by atoms with van der Waals surface area (Å²) in [4.78, 5) is 0.0924. The first kappa shape index (κ1) is 11.8. The Kier molecular flexibility index (Phi) is 3.20. The molecule has 0 aliphatic carbocycles. The molecule has 1 aliphatic rings. The van der Waals surface area contributed by atoms with Crippen molar-refractivity contribution in [3.8, 4) is 0 Å². The van der Waals surface area contributed by atoms with Crippen molar-refractivity contribution in [1.29, 1.82) is 0 Å². The number of hydrogen-bond acceptors (Lipinski definition) is 4. The zero-order valence-corrected chi connectivity index (χ0v) is 10.7. The third kappa shape index (κ3) is 2.54. The molecule has 0 spiro atoms. The van der Waals surface area contributed by atoms with Gasteiger partial charge >= 0.3 is 0 Å². The highest BCUT2D eigenvalue weighted by molar-refractivity contribution is 9.10. The molecule has 1 aliphatic heterocycles. The molecule has 1 aromatic carbocycles.